The van der Waals surface area contributed by atoms with Gasteiger partial charge in [-0.3, -0.25) is 0 Å². The molecule has 0 fully saturated rings. The first-order chi connectivity index (χ1) is 41.5. The summed E-state index contributed by atoms with van der Waals surface area (Å²) < 4.78 is 8.44. The molecule has 3 heterocycles. The van der Waals surface area contributed by atoms with Crippen molar-refractivity contribution in [1.29, 1.82) is 0 Å². The number of rotatable bonds is 18. The lowest BCUT2D eigenvalue weighted by molar-refractivity contribution is 0.632. The standard InChI is InChI=1S/C81H72S3/c1-4-7-10-13-16-25-49-34-37-58-52-28-19-22-31-55(52)64-43-70-73(46-67(64)61(58)40-49)82-79-76(70)80-78(72-45-66-57-33-24-21-30-54(57)60-39-36-51(27-18-15-12-9-6-3)42-63(60)69(66)48-75(72)83-80)81-77(79)71-44-65-56-32-23-20-29-53(56)59-38-35-50(26-17-14-11-8-5-2)41-62(59)68(65)47-74(71)84-81/h19-24,28-48H,4-18,25-27H2,1-3H3. The van der Waals surface area contributed by atoms with Crippen LogP contribution in [0.4, 0.5) is 0 Å². The van der Waals surface area contributed by atoms with Crippen LogP contribution in [0.3, 0.4) is 0 Å². The highest BCUT2D eigenvalue weighted by atomic mass is 32.1. The molecule has 0 aliphatic heterocycles. The Morgan fingerprint density at radius 2 is 0.452 bits per heavy atom. The van der Waals surface area contributed by atoms with Crippen LogP contribution in [0.5, 0.6) is 0 Å². The number of thiophene rings is 3. The van der Waals surface area contributed by atoms with Gasteiger partial charge in [0.25, 0.3) is 0 Å². The molecule has 84 heavy (non-hydrogen) atoms. The van der Waals surface area contributed by atoms with Crippen molar-refractivity contribution >= 4 is 191 Å². The van der Waals surface area contributed by atoms with E-state index in [2.05, 4.69) is 185 Å². The van der Waals surface area contributed by atoms with Crippen LogP contribution in [-0.2, 0) is 19.3 Å². The molecule has 3 heteroatoms. The van der Waals surface area contributed by atoms with Crippen LogP contribution in [0, 0.1) is 0 Å². The molecule has 0 saturated carbocycles. The number of aryl methyl sites for hydroxylation is 3. The summed E-state index contributed by atoms with van der Waals surface area (Å²) in [5.74, 6) is 0. The highest BCUT2D eigenvalue weighted by Crippen LogP contribution is 2.56. The Morgan fingerprint density at radius 1 is 0.214 bits per heavy atom. The fraction of sp³-hybridized carbons (Fsp3) is 0.259. The lowest BCUT2D eigenvalue weighted by atomic mass is 9.90. The molecular weight excluding hydrogens is 1070 g/mol. The molecular formula is C81H72S3. The average molecular weight is 1140 g/mol. The summed E-state index contributed by atoms with van der Waals surface area (Å²) in [7, 11) is 0. The van der Waals surface area contributed by atoms with Crippen LogP contribution in [0.1, 0.15) is 134 Å². The normalized spacial score (nSPS) is 12.6. The number of unbranched alkanes of at least 4 members (excludes halogenated alkanes) is 12. The third kappa shape index (κ3) is 8.60. The van der Waals surface area contributed by atoms with Crippen LogP contribution < -0.4 is 0 Å². The Bertz CT molecular complexity index is 4750. The van der Waals surface area contributed by atoms with Crippen molar-refractivity contribution in [2.24, 2.45) is 0 Å². The zero-order chi connectivity index (χ0) is 56.0. The molecule has 0 unspecified atom stereocenters. The summed E-state index contributed by atoms with van der Waals surface area (Å²) in [6, 6.07) is 65.7. The molecule has 0 saturated heterocycles. The van der Waals surface area contributed by atoms with E-state index < -0.39 is 0 Å². The first kappa shape index (κ1) is 52.4. The fourth-order valence-corrected chi connectivity index (χ4v) is 19.3. The predicted octanol–water partition coefficient (Wildman–Crippen LogP) is 26.7. The number of fused-ring (bicyclic) bond motifs is 30. The quantitative estimate of drug-likeness (QED) is 0.0593. The first-order valence-corrected chi connectivity index (χ1v) is 34.5. The van der Waals surface area contributed by atoms with Gasteiger partial charge in [0.1, 0.15) is 0 Å². The van der Waals surface area contributed by atoms with E-state index in [1.165, 1.54) is 270 Å². The Labute approximate surface area is 504 Å². The zero-order valence-corrected chi connectivity index (χ0v) is 51.5. The van der Waals surface area contributed by atoms with Gasteiger partial charge in [-0.05, 0) is 189 Å². The molecule has 0 radical (unpaired) electrons. The second-order valence-electron chi connectivity index (χ2n) is 24.9. The topological polar surface area (TPSA) is 0 Å². The van der Waals surface area contributed by atoms with E-state index in [9.17, 15) is 0 Å². The van der Waals surface area contributed by atoms with E-state index >= 15 is 0 Å². The minimum absolute atomic E-state index is 1.13. The van der Waals surface area contributed by atoms with Crippen LogP contribution in [0.15, 0.2) is 164 Å². The lowest BCUT2D eigenvalue weighted by Crippen LogP contribution is -1.89. The van der Waals surface area contributed by atoms with Crippen molar-refractivity contribution in [1.82, 2.24) is 0 Å². The fourth-order valence-electron chi connectivity index (χ4n) is 15.2. The van der Waals surface area contributed by atoms with Gasteiger partial charge in [0.15, 0.2) is 0 Å². The predicted molar refractivity (Wildman–Crippen MR) is 380 cm³/mol. The smallest absolute Gasteiger partial charge is 0.0463 e. The van der Waals surface area contributed by atoms with E-state index in [0.29, 0.717) is 0 Å². The molecule has 0 N–H and O–H groups in total. The molecule has 16 aromatic rings. The van der Waals surface area contributed by atoms with Crippen molar-refractivity contribution in [2.75, 3.05) is 0 Å². The summed E-state index contributed by atoms with van der Waals surface area (Å²) in [4.78, 5) is 0. The maximum Gasteiger partial charge on any atom is 0.0463 e. The molecule has 0 aliphatic rings. The molecule has 0 nitrogen and oxygen atoms in total. The molecule has 414 valence electrons. The zero-order valence-electron chi connectivity index (χ0n) is 49.0. The molecule has 16 rings (SSSR count). The third-order valence-corrected chi connectivity index (χ3v) is 23.0. The molecule has 0 amide bonds. The molecule has 13 aromatic carbocycles. The van der Waals surface area contributed by atoms with Gasteiger partial charge in [0.05, 0.1) is 0 Å². The lowest BCUT2D eigenvalue weighted by Gasteiger charge is -2.13. The van der Waals surface area contributed by atoms with Crippen LogP contribution in [-0.4, -0.2) is 0 Å². The minimum Gasteiger partial charge on any atom is -0.134 e. The summed E-state index contributed by atoms with van der Waals surface area (Å²) in [6.45, 7) is 6.94. The van der Waals surface area contributed by atoms with Crippen molar-refractivity contribution in [3.63, 3.8) is 0 Å². The Morgan fingerprint density at radius 3 is 0.738 bits per heavy atom. The SMILES string of the molecule is CCCCCCCc1ccc2c3ccccc3c3cc4c(cc3c2c1)sc1c4c2sc3cc4c5cc(CCCCCCC)ccc5c5ccccc5c4cc3c2c2sc3cc4c5cc(CCCCCCC)ccc5c5ccccc5c4cc3c12. The summed E-state index contributed by atoms with van der Waals surface area (Å²) in [6.07, 6.45) is 22.9. The Kier molecular flexibility index (Phi) is 13.6. The van der Waals surface area contributed by atoms with Gasteiger partial charge < -0.3 is 0 Å². The highest BCUT2D eigenvalue weighted by molar-refractivity contribution is 7.34. The largest absolute Gasteiger partial charge is 0.134 e. The number of benzene rings is 13. The van der Waals surface area contributed by atoms with Crippen molar-refractivity contribution in [2.45, 2.75) is 136 Å². The van der Waals surface area contributed by atoms with Crippen LogP contribution >= 0.6 is 34.0 Å². The Hall–Kier alpha value is -7.14. The van der Waals surface area contributed by atoms with Gasteiger partial charge >= 0.3 is 0 Å². The van der Waals surface area contributed by atoms with Crippen molar-refractivity contribution < 1.29 is 0 Å². The summed E-state index contributed by atoms with van der Waals surface area (Å²) >= 11 is 6.14. The van der Waals surface area contributed by atoms with Crippen molar-refractivity contribution in [3.8, 4) is 0 Å². The Balaban J connectivity index is 1.00. The first-order valence-electron chi connectivity index (χ1n) is 32.1. The van der Waals surface area contributed by atoms with E-state index in [1.807, 2.05) is 34.0 Å². The van der Waals surface area contributed by atoms with Crippen LogP contribution in [0.25, 0.3) is 157 Å². The van der Waals surface area contributed by atoms with Gasteiger partial charge in [0, 0.05) is 60.5 Å². The average Bonchev–Trinajstić information content (AvgIpc) is 1.73. The van der Waals surface area contributed by atoms with Crippen molar-refractivity contribution in [3.05, 3.63) is 180 Å². The van der Waals surface area contributed by atoms with Gasteiger partial charge in [-0.1, -0.05) is 225 Å². The summed E-state index contributed by atoms with van der Waals surface area (Å²) in [5.41, 5.74) is 4.38. The minimum atomic E-state index is 1.13. The van der Waals surface area contributed by atoms with E-state index in [1.54, 1.807) is 0 Å². The molecule has 3 aromatic heterocycles. The number of hydrogen-bond acceptors (Lipinski definition) is 3. The van der Waals surface area contributed by atoms with Gasteiger partial charge in [-0.15, -0.1) is 34.0 Å². The molecule has 0 spiro atoms. The van der Waals surface area contributed by atoms with E-state index in [4.69, 9.17) is 0 Å². The second kappa shape index (κ2) is 21.7. The van der Waals surface area contributed by atoms with Gasteiger partial charge in [0.2, 0.25) is 0 Å². The highest BCUT2D eigenvalue weighted by Gasteiger charge is 2.25. The van der Waals surface area contributed by atoms with E-state index in [-0.39, 0.29) is 0 Å². The van der Waals surface area contributed by atoms with Crippen LogP contribution in [0.2, 0.25) is 0 Å². The number of hydrogen-bond donors (Lipinski definition) is 0. The molecule has 0 bridgehead atoms. The molecule has 0 atom stereocenters. The van der Waals surface area contributed by atoms with E-state index in [0.717, 1.165) is 19.3 Å². The van der Waals surface area contributed by atoms with Gasteiger partial charge in [-0.2, -0.15) is 0 Å². The van der Waals surface area contributed by atoms with Gasteiger partial charge in [-0.25, -0.2) is 0 Å². The maximum absolute atomic E-state index is 2.63. The summed E-state index contributed by atoms with van der Waals surface area (Å²) in [5, 5.41) is 33.1. The second-order valence-corrected chi connectivity index (χ2v) is 28.0. The third-order valence-electron chi connectivity index (χ3n) is 19.5. The molecule has 0 aliphatic carbocycles. The monoisotopic (exact) mass is 1140 g/mol. The maximum atomic E-state index is 2.63.